The molecule has 0 unspecified atom stereocenters. The minimum Gasteiger partial charge on any atom is -0.345 e. The Kier molecular flexibility index (Phi) is 4.70. The second-order valence-corrected chi connectivity index (χ2v) is 4.86. The first-order valence-corrected chi connectivity index (χ1v) is 6.69. The lowest BCUT2D eigenvalue weighted by Crippen LogP contribution is -2.24. The van der Waals surface area contributed by atoms with Crippen LogP contribution in [0.5, 0.6) is 0 Å². The molecule has 0 aliphatic rings. The molecule has 7 heteroatoms. The van der Waals surface area contributed by atoms with Gasteiger partial charge in [-0.2, -0.15) is 5.10 Å². The lowest BCUT2D eigenvalue weighted by atomic mass is 10.2. The van der Waals surface area contributed by atoms with E-state index in [2.05, 4.69) is 22.1 Å². The maximum Gasteiger partial charge on any atom is 0.251 e. The van der Waals surface area contributed by atoms with E-state index in [-0.39, 0.29) is 12.5 Å². The molecule has 1 aromatic heterocycles. The fourth-order valence-electron chi connectivity index (χ4n) is 1.67. The molecule has 5 nitrogen and oxygen atoms in total. The van der Waals surface area contributed by atoms with E-state index in [4.69, 9.17) is 23.8 Å². The molecule has 0 fully saturated rings. The minimum atomic E-state index is -0.194. The first-order chi connectivity index (χ1) is 9.61. The van der Waals surface area contributed by atoms with Gasteiger partial charge in [0, 0.05) is 17.1 Å². The van der Waals surface area contributed by atoms with Crippen LogP contribution in [0.15, 0.2) is 36.9 Å². The molecule has 0 atom stereocenters. The molecule has 1 heterocycles. The highest BCUT2D eigenvalue weighted by Gasteiger charge is 2.08. The smallest absolute Gasteiger partial charge is 0.251 e. The number of hydrogen-bond acceptors (Lipinski definition) is 3. The number of carbonyl (C=O) groups is 1. The summed E-state index contributed by atoms with van der Waals surface area (Å²) in [5, 5.41) is 10.1. The highest BCUT2D eigenvalue weighted by molar-refractivity contribution is 7.71. The number of H-pyrrole nitrogens is 1. The van der Waals surface area contributed by atoms with Crippen molar-refractivity contribution in [2.75, 3.05) is 0 Å². The zero-order chi connectivity index (χ0) is 14.5. The predicted molar refractivity (Wildman–Crippen MR) is 80.2 cm³/mol. The molecule has 0 spiro atoms. The Morgan fingerprint density at radius 2 is 2.20 bits per heavy atom. The maximum atomic E-state index is 12.0. The molecule has 0 saturated carbocycles. The second kappa shape index (κ2) is 6.49. The average Bonchev–Trinajstić information content (AvgIpc) is 2.79. The number of halogens is 1. The van der Waals surface area contributed by atoms with Crippen molar-refractivity contribution in [3.05, 3.63) is 58.1 Å². The third-order valence-electron chi connectivity index (χ3n) is 2.66. The third-order valence-corrected chi connectivity index (χ3v) is 3.23. The summed E-state index contributed by atoms with van der Waals surface area (Å²) in [6.07, 6.45) is 1.72. The van der Waals surface area contributed by atoms with Gasteiger partial charge < -0.3 is 5.32 Å². The number of aromatic nitrogens is 3. The number of rotatable bonds is 5. The van der Waals surface area contributed by atoms with Crippen LogP contribution in [0.4, 0.5) is 0 Å². The van der Waals surface area contributed by atoms with E-state index >= 15 is 0 Å². The third kappa shape index (κ3) is 3.34. The number of carbonyl (C=O) groups excluding carboxylic acids is 1. The van der Waals surface area contributed by atoms with Gasteiger partial charge in [-0.3, -0.25) is 14.5 Å². The molecule has 0 aliphatic carbocycles. The molecule has 2 rings (SSSR count). The summed E-state index contributed by atoms with van der Waals surface area (Å²) >= 11 is 10.9. The van der Waals surface area contributed by atoms with Crippen LogP contribution in [0.1, 0.15) is 16.2 Å². The molecule has 0 radical (unpaired) electrons. The van der Waals surface area contributed by atoms with Gasteiger partial charge >= 0.3 is 0 Å². The number of amides is 1. The van der Waals surface area contributed by atoms with Crippen molar-refractivity contribution >= 4 is 29.7 Å². The second-order valence-electron chi connectivity index (χ2n) is 4.03. The number of benzene rings is 1. The Balaban J connectivity index is 2.05. The van der Waals surface area contributed by atoms with Gasteiger partial charge in [0.2, 0.25) is 0 Å². The van der Waals surface area contributed by atoms with E-state index in [9.17, 15) is 4.79 Å². The van der Waals surface area contributed by atoms with E-state index in [0.29, 0.717) is 27.7 Å². The Morgan fingerprint density at radius 1 is 1.50 bits per heavy atom. The van der Waals surface area contributed by atoms with E-state index in [0.717, 1.165) is 0 Å². The molecule has 20 heavy (non-hydrogen) atoms. The van der Waals surface area contributed by atoms with Crippen molar-refractivity contribution in [3.63, 3.8) is 0 Å². The van der Waals surface area contributed by atoms with Crippen LogP contribution < -0.4 is 5.32 Å². The first-order valence-electron chi connectivity index (χ1n) is 5.90. The maximum absolute atomic E-state index is 12.0. The lowest BCUT2D eigenvalue weighted by molar-refractivity contribution is 0.0949. The standard InChI is InChI=1S/C13H13ClN4OS/c1-2-7-18-11(16-17-13(18)20)8-15-12(19)9-3-5-10(14)6-4-9/h2-6H,1,7-8H2,(H,15,19)(H,17,20). The lowest BCUT2D eigenvalue weighted by Gasteiger charge is -2.06. The van der Waals surface area contributed by atoms with Crippen LogP contribution in [0, 0.1) is 4.77 Å². The van der Waals surface area contributed by atoms with Crippen LogP contribution in [0.25, 0.3) is 0 Å². The van der Waals surface area contributed by atoms with Crippen LogP contribution >= 0.6 is 23.8 Å². The number of nitrogens with zero attached hydrogens (tertiary/aromatic N) is 2. The van der Waals surface area contributed by atoms with Crippen molar-refractivity contribution in [3.8, 4) is 0 Å². The number of nitrogens with one attached hydrogen (secondary N) is 2. The van der Waals surface area contributed by atoms with Gasteiger partial charge in [-0.15, -0.1) is 6.58 Å². The number of allylic oxidation sites excluding steroid dienone is 1. The molecule has 0 aliphatic heterocycles. The van der Waals surface area contributed by atoms with Crippen LogP contribution in [-0.2, 0) is 13.1 Å². The molecule has 1 amide bonds. The highest BCUT2D eigenvalue weighted by atomic mass is 35.5. The van der Waals surface area contributed by atoms with Crippen molar-refractivity contribution in [1.29, 1.82) is 0 Å². The van der Waals surface area contributed by atoms with Gasteiger partial charge in [0.1, 0.15) is 0 Å². The zero-order valence-electron chi connectivity index (χ0n) is 10.6. The van der Waals surface area contributed by atoms with Gasteiger partial charge in [-0.25, -0.2) is 0 Å². The van der Waals surface area contributed by atoms with E-state index in [1.54, 1.807) is 34.9 Å². The Bertz CT molecular complexity index is 674. The molecular formula is C13H13ClN4OS. The topological polar surface area (TPSA) is 62.7 Å². The largest absolute Gasteiger partial charge is 0.345 e. The molecule has 2 aromatic rings. The monoisotopic (exact) mass is 308 g/mol. The molecule has 1 aromatic carbocycles. The quantitative estimate of drug-likeness (QED) is 0.659. The molecular weight excluding hydrogens is 296 g/mol. The zero-order valence-corrected chi connectivity index (χ0v) is 12.2. The number of aromatic amines is 1. The summed E-state index contributed by atoms with van der Waals surface area (Å²) in [5.74, 6) is 0.456. The summed E-state index contributed by atoms with van der Waals surface area (Å²) in [6.45, 7) is 4.48. The van der Waals surface area contributed by atoms with E-state index in [1.807, 2.05) is 0 Å². The summed E-state index contributed by atoms with van der Waals surface area (Å²) in [5.41, 5.74) is 0.541. The Morgan fingerprint density at radius 3 is 2.85 bits per heavy atom. The van der Waals surface area contributed by atoms with Gasteiger partial charge in [-0.05, 0) is 36.5 Å². The van der Waals surface area contributed by atoms with Gasteiger partial charge in [-0.1, -0.05) is 17.7 Å². The van der Waals surface area contributed by atoms with E-state index < -0.39 is 0 Å². The number of hydrogen-bond donors (Lipinski definition) is 2. The predicted octanol–water partition coefficient (Wildman–Crippen LogP) is 2.71. The van der Waals surface area contributed by atoms with Crippen molar-refractivity contribution < 1.29 is 4.79 Å². The molecule has 2 N–H and O–H groups in total. The molecule has 0 saturated heterocycles. The van der Waals surface area contributed by atoms with Crippen molar-refractivity contribution in [2.24, 2.45) is 0 Å². The normalized spacial score (nSPS) is 10.2. The minimum absolute atomic E-state index is 0.194. The summed E-state index contributed by atoms with van der Waals surface area (Å²) in [6, 6.07) is 6.67. The summed E-state index contributed by atoms with van der Waals surface area (Å²) < 4.78 is 2.27. The Hall–Kier alpha value is -1.92. The summed E-state index contributed by atoms with van der Waals surface area (Å²) in [4.78, 5) is 12.0. The first kappa shape index (κ1) is 14.5. The van der Waals surface area contributed by atoms with Gasteiger partial charge in [0.15, 0.2) is 10.6 Å². The summed E-state index contributed by atoms with van der Waals surface area (Å²) in [7, 11) is 0. The Labute approximate surface area is 126 Å². The average molecular weight is 309 g/mol. The van der Waals surface area contributed by atoms with Crippen LogP contribution in [-0.4, -0.2) is 20.7 Å². The van der Waals surface area contributed by atoms with Crippen LogP contribution in [0.2, 0.25) is 5.02 Å². The fraction of sp³-hybridized carbons (Fsp3) is 0.154. The molecule has 104 valence electrons. The van der Waals surface area contributed by atoms with Crippen LogP contribution in [0.3, 0.4) is 0 Å². The van der Waals surface area contributed by atoms with Gasteiger partial charge in [0.25, 0.3) is 5.91 Å². The van der Waals surface area contributed by atoms with Crippen molar-refractivity contribution in [1.82, 2.24) is 20.1 Å². The van der Waals surface area contributed by atoms with Gasteiger partial charge in [0.05, 0.1) is 6.54 Å². The molecule has 0 bridgehead atoms. The fourth-order valence-corrected chi connectivity index (χ4v) is 2.02. The highest BCUT2D eigenvalue weighted by Crippen LogP contribution is 2.09. The van der Waals surface area contributed by atoms with Crippen molar-refractivity contribution in [2.45, 2.75) is 13.1 Å². The SMILES string of the molecule is C=CCn1c(CNC(=O)c2ccc(Cl)cc2)n[nH]c1=S. The van der Waals surface area contributed by atoms with E-state index in [1.165, 1.54) is 0 Å².